The summed E-state index contributed by atoms with van der Waals surface area (Å²) >= 11 is 1.53. The van der Waals surface area contributed by atoms with Gasteiger partial charge in [-0.3, -0.25) is 9.59 Å². The number of furan rings is 1. The number of aliphatic hydroxyl groups excluding tert-OH is 1. The molecule has 0 fully saturated rings. The zero-order chi connectivity index (χ0) is 15.1. The van der Waals surface area contributed by atoms with E-state index in [0.717, 1.165) is 5.56 Å². The highest BCUT2D eigenvalue weighted by Gasteiger charge is 2.14. The quantitative estimate of drug-likeness (QED) is 0.699. The van der Waals surface area contributed by atoms with Crippen LogP contribution in [0.1, 0.15) is 23.7 Å². The van der Waals surface area contributed by atoms with E-state index in [0.29, 0.717) is 18.5 Å². The topological polar surface area (TPSA) is 91.6 Å². The van der Waals surface area contributed by atoms with E-state index in [1.807, 2.05) is 16.8 Å². The monoisotopic (exact) mass is 308 g/mol. The maximum absolute atomic E-state index is 11.5. The zero-order valence-electron chi connectivity index (χ0n) is 11.2. The van der Waals surface area contributed by atoms with Crippen LogP contribution in [0.25, 0.3) is 0 Å². The van der Waals surface area contributed by atoms with Crippen molar-refractivity contribution in [1.82, 2.24) is 10.6 Å². The lowest BCUT2D eigenvalue weighted by Gasteiger charge is -2.09. The summed E-state index contributed by atoms with van der Waals surface area (Å²) in [6, 6.07) is 3.53. The molecule has 0 saturated heterocycles. The predicted molar refractivity (Wildman–Crippen MR) is 77.5 cm³/mol. The fourth-order valence-electron chi connectivity index (χ4n) is 1.69. The van der Waals surface area contributed by atoms with E-state index in [1.165, 1.54) is 23.9 Å². The highest BCUT2D eigenvalue weighted by Crippen LogP contribution is 2.15. The Kier molecular flexibility index (Phi) is 5.53. The van der Waals surface area contributed by atoms with E-state index in [1.54, 1.807) is 6.07 Å². The molecule has 2 aromatic rings. The molecule has 3 N–H and O–H groups in total. The summed E-state index contributed by atoms with van der Waals surface area (Å²) in [7, 11) is 0. The molecule has 1 atom stereocenters. The molecule has 0 aliphatic rings. The first-order valence-electron chi connectivity index (χ1n) is 6.44. The molecule has 2 heterocycles. The lowest BCUT2D eigenvalue weighted by Crippen LogP contribution is -2.40. The first kappa shape index (κ1) is 15.3. The second kappa shape index (κ2) is 7.61. The predicted octanol–water partition coefficient (Wildman–Crippen LogP) is 1.20. The minimum atomic E-state index is -0.724. The molecule has 0 saturated carbocycles. The number of hydrogen-bond donors (Lipinski definition) is 3. The van der Waals surface area contributed by atoms with Crippen LogP contribution in [0, 0.1) is 0 Å². The van der Waals surface area contributed by atoms with Crippen LogP contribution in [0.5, 0.6) is 0 Å². The lowest BCUT2D eigenvalue weighted by molar-refractivity contribution is -0.139. The van der Waals surface area contributed by atoms with Crippen LogP contribution < -0.4 is 10.6 Å². The largest absolute Gasteiger partial charge is 0.472 e. The first-order chi connectivity index (χ1) is 10.2. The molecular weight excluding hydrogens is 292 g/mol. The van der Waals surface area contributed by atoms with E-state index >= 15 is 0 Å². The van der Waals surface area contributed by atoms with Gasteiger partial charge in [0.2, 0.25) is 0 Å². The van der Waals surface area contributed by atoms with Gasteiger partial charge in [0.15, 0.2) is 0 Å². The van der Waals surface area contributed by atoms with Crippen LogP contribution in [-0.4, -0.2) is 23.5 Å². The smallest absolute Gasteiger partial charge is 0.309 e. The molecule has 1 unspecified atom stereocenters. The van der Waals surface area contributed by atoms with E-state index < -0.39 is 17.9 Å². The maximum atomic E-state index is 11.5. The van der Waals surface area contributed by atoms with Crippen LogP contribution >= 0.6 is 11.3 Å². The summed E-state index contributed by atoms with van der Waals surface area (Å²) in [4.78, 5) is 23.1. The molecule has 0 aromatic carbocycles. The highest BCUT2D eigenvalue weighted by atomic mass is 32.1. The second-order valence-corrected chi connectivity index (χ2v) is 5.21. The van der Waals surface area contributed by atoms with E-state index in [9.17, 15) is 14.7 Å². The molecule has 0 aliphatic carbocycles. The molecule has 6 nitrogen and oxygen atoms in total. The van der Waals surface area contributed by atoms with Gasteiger partial charge in [-0.1, -0.05) is 0 Å². The van der Waals surface area contributed by atoms with E-state index in [-0.39, 0.29) is 6.54 Å². The Labute approximate surface area is 125 Å². The Bertz CT molecular complexity index is 566. The van der Waals surface area contributed by atoms with Crippen molar-refractivity contribution in [3.05, 3.63) is 46.5 Å². The van der Waals surface area contributed by atoms with Crippen LogP contribution in [-0.2, 0) is 16.1 Å². The number of hydrogen-bond acceptors (Lipinski definition) is 5. The summed E-state index contributed by atoms with van der Waals surface area (Å²) in [5.41, 5.74) is 1.60. The van der Waals surface area contributed by atoms with Gasteiger partial charge in [-0.2, -0.15) is 11.3 Å². The summed E-state index contributed by atoms with van der Waals surface area (Å²) in [6.07, 6.45) is 2.50. The summed E-state index contributed by atoms with van der Waals surface area (Å²) in [5.74, 6) is -1.39. The molecule has 0 bridgehead atoms. The minimum absolute atomic E-state index is 0.205. The van der Waals surface area contributed by atoms with Crippen molar-refractivity contribution in [2.75, 3.05) is 6.54 Å². The standard InChI is InChI=1S/C14H16N2O4S/c17-12(11-2-5-20-8-11)1-4-15-13(18)14(19)16-7-10-3-6-21-9-10/h2-3,5-6,8-9,12,17H,1,4,7H2,(H,15,18)(H,16,19). The van der Waals surface area contributed by atoms with Gasteiger partial charge in [-0.15, -0.1) is 0 Å². The van der Waals surface area contributed by atoms with Crippen LogP contribution in [0.2, 0.25) is 0 Å². The molecule has 0 aliphatic heterocycles. The van der Waals surface area contributed by atoms with Gasteiger partial charge in [0.25, 0.3) is 0 Å². The Morgan fingerprint density at radius 3 is 2.76 bits per heavy atom. The van der Waals surface area contributed by atoms with Gasteiger partial charge < -0.3 is 20.2 Å². The van der Waals surface area contributed by atoms with Gasteiger partial charge in [-0.05, 0) is 34.9 Å². The number of aliphatic hydroxyl groups is 1. The Morgan fingerprint density at radius 2 is 2.10 bits per heavy atom. The van der Waals surface area contributed by atoms with Gasteiger partial charge in [0.05, 0.1) is 18.6 Å². The van der Waals surface area contributed by atoms with E-state index in [4.69, 9.17) is 4.42 Å². The normalized spacial score (nSPS) is 11.9. The number of rotatable bonds is 6. The van der Waals surface area contributed by atoms with Gasteiger partial charge in [-0.25, -0.2) is 0 Å². The number of carbonyl (C=O) groups excluding carboxylic acids is 2. The fourth-order valence-corrected chi connectivity index (χ4v) is 2.36. The van der Waals surface area contributed by atoms with Crippen molar-refractivity contribution in [1.29, 1.82) is 0 Å². The number of thiophene rings is 1. The third-order valence-electron chi connectivity index (χ3n) is 2.87. The minimum Gasteiger partial charge on any atom is -0.472 e. The van der Waals surface area contributed by atoms with Crippen molar-refractivity contribution in [2.45, 2.75) is 19.1 Å². The third kappa shape index (κ3) is 4.73. The van der Waals surface area contributed by atoms with Crippen LogP contribution in [0.3, 0.4) is 0 Å². The Morgan fingerprint density at radius 1 is 1.29 bits per heavy atom. The van der Waals surface area contributed by atoms with Crippen LogP contribution in [0.4, 0.5) is 0 Å². The molecule has 7 heteroatoms. The first-order valence-corrected chi connectivity index (χ1v) is 7.38. The molecule has 2 aromatic heterocycles. The van der Waals surface area contributed by atoms with Crippen LogP contribution in [0.15, 0.2) is 39.8 Å². The zero-order valence-corrected chi connectivity index (χ0v) is 12.1. The van der Waals surface area contributed by atoms with Crippen molar-refractivity contribution in [3.63, 3.8) is 0 Å². The van der Waals surface area contributed by atoms with Gasteiger partial charge in [0.1, 0.15) is 0 Å². The number of nitrogens with one attached hydrogen (secondary N) is 2. The third-order valence-corrected chi connectivity index (χ3v) is 3.60. The SMILES string of the molecule is O=C(NCCC(O)c1ccoc1)C(=O)NCc1ccsc1. The van der Waals surface area contributed by atoms with Gasteiger partial charge >= 0.3 is 11.8 Å². The molecule has 2 rings (SSSR count). The second-order valence-electron chi connectivity index (χ2n) is 4.43. The molecule has 0 spiro atoms. The maximum Gasteiger partial charge on any atom is 0.309 e. The molecule has 2 amide bonds. The highest BCUT2D eigenvalue weighted by molar-refractivity contribution is 7.07. The van der Waals surface area contributed by atoms with Gasteiger partial charge in [0, 0.05) is 18.7 Å². The summed E-state index contributed by atoms with van der Waals surface area (Å²) < 4.78 is 4.86. The molecule has 0 radical (unpaired) electrons. The summed E-state index contributed by atoms with van der Waals surface area (Å²) in [5, 5.41) is 18.6. The number of carbonyl (C=O) groups is 2. The Hall–Kier alpha value is -2.12. The molecular formula is C14H16N2O4S. The fraction of sp³-hybridized carbons (Fsp3) is 0.286. The molecule has 21 heavy (non-hydrogen) atoms. The average molecular weight is 308 g/mol. The van der Waals surface area contributed by atoms with E-state index in [2.05, 4.69) is 10.6 Å². The molecule has 112 valence electrons. The van der Waals surface area contributed by atoms with Crippen molar-refractivity contribution in [3.8, 4) is 0 Å². The van der Waals surface area contributed by atoms with Crippen molar-refractivity contribution < 1.29 is 19.1 Å². The average Bonchev–Trinajstić information content (AvgIpc) is 3.17. The van der Waals surface area contributed by atoms with Crippen molar-refractivity contribution in [2.24, 2.45) is 0 Å². The van der Waals surface area contributed by atoms with Crippen molar-refractivity contribution >= 4 is 23.2 Å². The Balaban J connectivity index is 1.65. The number of amides is 2. The lowest BCUT2D eigenvalue weighted by atomic mass is 10.1. The summed E-state index contributed by atoms with van der Waals surface area (Å²) in [6.45, 7) is 0.532.